The Morgan fingerprint density at radius 2 is 1.89 bits per heavy atom. The van der Waals surface area contributed by atoms with E-state index in [1.807, 2.05) is 13.8 Å². The maximum Gasteiger partial charge on any atom is 0.279 e. The summed E-state index contributed by atoms with van der Waals surface area (Å²) in [5.41, 5.74) is 5.60. The number of allylic oxidation sites excluding steroid dienone is 2. The SMILES string of the molecule is CC=C(Cl)C(=C(C)Cl)C(O)C(OC(=N)N)C(C)C. The van der Waals surface area contributed by atoms with Crippen molar-refractivity contribution in [1.82, 2.24) is 0 Å². The van der Waals surface area contributed by atoms with Crippen molar-refractivity contribution < 1.29 is 9.84 Å². The molecule has 18 heavy (non-hydrogen) atoms. The van der Waals surface area contributed by atoms with Gasteiger partial charge in [-0.15, -0.1) is 0 Å². The average Bonchev–Trinajstić information content (AvgIpc) is 2.24. The molecule has 0 fully saturated rings. The summed E-state index contributed by atoms with van der Waals surface area (Å²) in [6.45, 7) is 7.07. The van der Waals surface area contributed by atoms with Crippen LogP contribution in [0.5, 0.6) is 0 Å². The van der Waals surface area contributed by atoms with E-state index in [9.17, 15) is 5.11 Å². The summed E-state index contributed by atoms with van der Waals surface area (Å²) in [7, 11) is 0. The van der Waals surface area contributed by atoms with Crippen molar-refractivity contribution in [2.75, 3.05) is 0 Å². The molecule has 0 radical (unpaired) electrons. The van der Waals surface area contributed by atoms with Crippen LogP contribution in [0, 0.1) is 11.3 Å². The van der Waals surface area contributed by atoms with Crippen molar-refractivity contribution in [3.8, 4) is 0 Å². The summed E-state index contributed by atoms with van der Waals surface area (Å²) >= 11 is 12.0. The minimum atomic E-state index is -1.05. The summed E-state index contributed by atoms with van der Waals surface area (Å²) in [5, 5.41) is 18.2. The zero-order chi connectivity index (χ0) is 14.5. The highest BCUT2D eigenvalue weighted by atomic mass is 35.5. The van der Waals surface area contributed by atoms with Crippen LogP contribution in [-0.2, 0) is 4.74 Å². The third-order valence-electron chi connectivity index (χ3n) is 2.41. The Morgan fingerprint density at radius 3 is 2.17 bits per heavy atom. The van der Waals surface area contributed by atoms with Crippen molar-refractivity contribution >= 4 is 29.2 Å². The molecule has 0 spiro atoms. The second-order valence-electron chi connectivity index (χ2n) is 4.22. The fourth-order valence-corrected chi connectivity index (χ4v) is 2.06. The average molecular weight is 295 g/mol. The molecule has 104 valence electrons. The molecular weight excluding hydrogens is 275 g/mol. The van der Waals surface area contributed by atoms with Gasteiger partial charge in [0.05, 0.1) is 0 Å². The number of rotatable bonds is 5. The predicted octanol–water partition coefficient (Wildman–Crippen LogP) is 2.94. The lowest BCUT2D eigenvalue weighted by Crippen LogP contribution is -2.39. The van der Waals surface area contributed by atoms with Crippen LogP contribution in [0.15, 0.2) is 21.7 Å². The number of hydrogen-bond acceptors (Lipinski definition) is 3. The zero-order valence-electron chi connectivity index (χ0n) is 11.0. The number of amidine groups is 1. The highest BCUT2D eigenvalue weighted by Gasteiger charge is 2.30. The number of ether oxygens (including phenoxy) is 1. The van der Waals surface area contributed by atoms with Crippen LogP contribution in [0.3, 0.4) is 0 Å². The van der Waals surface area contributed by atoms with Crippen LogP contribution in [0.1, 0.15) is 27.7 Å². The molecule has 4 nitrogen and oxygen atoms in total. The Balaban J connectivity index is 5.35. The van der Waals surface area contributed by atoms with Gasteiger partial charge in [-0.2, -0.15) is 0 Å². The van der Waals surface area contributed by atoms with E-state index in [1.165, 1.54) is 0 Å². The molecule has 0 aliphatic rings. The van der Waals surface area contributed by atoms with Crippen molar-refractivity contribution in [1.29, 1.82) is 5.41 Å². The van der Waals surface area contributed by atoms with E-state index < -0.39 is 18.2 Å². The summed E-state index contributed by atoms with van der Waals surface area (Å²) in [5.74, 6) is -0.0590. The Hall–Kier alpha value is -0.710. The first-order valence-corrected chi connectivity index (χ1v) is 6.35. The van der Waals surface area contributed by atoms with Gasteiger partial charge in [0.2, 0.25) is 0 Å². The number of aliphatic hydroxyl groups excluding tert-OH is 1. The number of halogens is 2. The molecule has 6 heteroatoms. The second kappa shape index (κ2) is 7.67. The fraction of sp³-hybridized carbons (Fsp3) is 0.583. The van der Waals surface area contributed by atoms with Gasteiger partial charge >= 0.3 is 0 Å². The summed E-state index contributed by atoms with van der Waals surface area (Å²) in [6.07, 6.45) is -0.0908. The summed E-state index contributed by atoms with van der Waals surface area (Å²) in [6, 6.07) is -0.448. The molecule has 0 bridgehead atoms. The van der Waals surface area contributed by atoms with Gasteiger partial charge < -0.3 is 15.6 Å². The molecule has 0 aliphatic heterocycles. The first kappa shape index (κ1) is 17.3. The first-order valence-electron chi connectivity index (χ1n) is 5.59. The maximum atomic E-state index is 10.3. The zero-order valence-corrected chi connectivity index (χ0v) is 12.5. The molecule has 0 aromatic heterocycles. The van der Waals surface area contributed by atoms with Gasteiger partial charge in [-0.05, 0) is 19.8 Å². The lowest BCUT2D eigenvalue weighted by molar-refractivity contribution is 0.0213. The number of nitrogens with two attached hydrogens (primary N) is 1. The molecule has 0 saturated heterocycles. The van der Waals surface area contributed by atoms with Gasteiger partial charge in [-0.1, -0.05) is 43.1 Å². The summed E-state index contributed by atoms with van der Waals surface area (Å²) in [4.78, 5) is 0. The third-order valence-corrected chi connectivity index (χ3v) is 3.03. The Bertz CT molecular complexity index is 361. The lowest BCUT2D eigenvalue weighted by Gasteiger charge is -2.28. The van der Waals surface area contributed by atoms with E-state index in [0.29, 0.717) is 15.6 Å². The Kier molecular flexibility index (Phi) is 7.36. The molecule has 2 unspecified atom stereocenters. The standard InChI is InChI=1S/C12H20Cl2N2O2/c1-5-8(14)9(7(4)13)10(17)11(6(2)3)18-12(15)16/h5-6,10-11,17H,1-4H3,(H3,15,16). The Morgan fingerprint density at radius 1 is 1.39 bits per heavy atom. The smallest absolute Gasteiger partial charge is 0.279 e. The van der Waals surface area contributed by atoms with Crippen LogP contribution < -0.4 is 5.73 Å². The molecular formula is C12H20Cl2N2O2. The lowest BCUT2D eigenvalue weighted by atomic mass is 9.95. The van der Waals surface area contributed by atoms with E-state index in [0.717, 1.165) is 0 Å². The van der Waals surface area contributed by atoms with Crippen LogP contribution in [0.25, 0.3) is 0 Å². The molecule has 0 aromatic rings. The molecule has 0 aromatic carbocycles. The molecule has 0 saturated carbocycles. The van der Waals surface area contributed by atoms with E-state index in [4.69, 9.17) is 39.1 Å². The third kappa shape index (κ3) is 4.88. The van der Waals surface area contributed by atoms with E-state index in [2.05, 4.69) is 0 Å². The van der Waals surface area contributed by atoms with Crippen molar-refractivity contribution in [2.45, 2.75) is 39.9 Å². The number of nitrogens with one attached hydrogen (secondary N) is 1. The topological polar surface area (TPSA) is 79.3 Å². The van der Waals surface area contributed by atoms with Crippen LogP contribution in [0.2, 0.25) is 0 Å². The predicted molar refractivity (Wildman–Crippen MR) is 75.8 cm³/mol. The largest absolute Gasteiger partial charge is 0.459 e. The van der Waals surface area contributed by atoms with Crippen LogP contribution in [-0.4, -0.2) is 23.3 Å². The minimum absolute atomic E-state index is 0.0590. The van der Waals surface area contributed by atoms with Crippen molar-refractivity contribution in [3.63, 3.8) is 0 Å². The molecule has 0 rings (SSSR count). The van der Waals surface area contributed by atoms with E-state index >= 15 is 0 Å². The van der Waals surface area contributed by atoms with Gasteiger partial charge in [0.1, 0.15) is 12.2 Å². The van der Waals surface area contributed by atoms with Gasteiger partial charge in [-0.3, -0.25) is 5.41 Å². The van der Waals surface area contributed by atoms with Crippen LogP contribution >= 0.6 is 23.2 Å². The highest BCUT2D eigenvalue weighted by Crippen LogP contribution is 2.29. The molecule has 0 aliphatic carbocycles. The molecule has 2 atom stereocenters. The highest BCUT2D eigenvalue weighted by molar-refractivity contribution is 6.35. The van der Waals surface area contributed by atoms with Gasteiger partial charge in [-0.25, -0.2) is 0 Å². The molecule has 4 N–H and O–H groups in total. The monoisotopic (exact) mass is 294 g/mol. The molecule has 0 amide bonds. The number of aliphatic hydroxyl groups is 1. The second-order valence-corrected chi connectivity index (χ2v) is 5.19. The van der Waals surface area contributed by atoms with E-state index in [1.54, 1.807) is 19.9 Å². The molecule has 0 heterocycles. The van der Waals surface area contributed by atoms with Gasteiger partial charge in [0.25, 0.3) is 6.02 Å². The fourth-order valence-electron chi connectivity index (χ4n) is 1.54. The van der Waals surface area contributed by atoms with Gasteiger partial charge in [0, 0.05) is 15.6 Å². The summed E-state index contributed by atoms with van der Waals surface area (Å²) < 4.78 is 5.13. The van der Waals surface area contributed by atoms with Crippen LogP contribution in [0.4, 0.5) is 0 Å². The van der Waals surface area contributed by atoms with Crippen molar-refractivity contribution in [3.05, 3.63) is 21.7 Å². The Labute approximate surface area is 118 Å². The number of hydrogen-bond donors (Lipinski definition) is 3. The van der Waals surface area contributed by atoms with E-state index in [-0.39, 0.29) is 5.92 Å². The maximum absolute atomic E-state index is 10.3. The van der Waals surface area contributed by atoms with Crippen molar-refractivity contribution in [2.24, 2.45) is 11.7 Å². The normalized spacial score (nSPS) is 17.2. The quantitative estimate of drug-likeness (QED) is 0.414. The first-order chi connectivity index (χ1) is 8.22. The minimum Gasteiger partial charge on any atom is -0.459 e. The van der Waals surface area contributed by atoms with Gasteiger partial charge in [0.15, 0.2) is 0 Å².